The van der Waals surface area contributed by atoms with Crippen LogP contribution in [0.1, 0.15) is 28.8 Å². The van der Waals surface area contributed by atoms with Gasteiger partial charge in [-0.2, -0.15) is 0 Å². The van der Waals surface area contributed by atoms with Gasteiger partial charge < -0.3 is 10.5 Å². The number of halogens is 1. The maximum Gasteiger partial charge on any atom is 0.252 e. The van der Waals surface area contributed by atoms with Crippen LogP contribution in [0.25, 0.3) is 0 Å². The van der Waals surface area contributed by atoms with Crippen LogP contribution >= 0.6 is 15.9 Å². The van der Waals surface area contributed by atoms with Crippen LogP contribution in [0.2, 0.25) is 0 Å². The number of amides is 1. The Labute approximate surface area is 162 Å². The molecule has 1 heterocycles. The standard InChI is InChI=1S/C21H23BrN2O2/c22-17-8-9-19(18(10-17)21(23)25)26-20-15-6-7-16(20)13-24(12-15)11-14-4-2-1-3-5-14/h1-5,8-10,15-16,20H,6-7,11-13H2,(H2,23,25)/t15-,16+,20+. The summed E-state index contributed by atoms with van der Waals surface area (Å²) < 4.78 is 7.17. The van der Waals surface area contributed by atoms with E-state index in [4.69, 9.17) is 10.5 Å². The van der Waals surface area contributed by atoms with E-state index in [-0.39, 0.29) is 6.10 Å². The van der Waals surface area contributed by atoms with Crippen molar-refractivity contribution in [2.75, 3.05) is 13.1 Å². The molecular formula is C21H23BrN2O2. The predicted molar refractivity (Wildman–Crippen MR) is 105 cm³/mol. The second kappa shape index (κ2) is 7.41. The first-order chi connectivity index (χ1) is 12.6. The maximum absolute atomic E-state index is 11.8. The molecule has 2 fully saturated rings. The number of primary amides is 1. The molecule has 2 aromatic carbocycles. The molecule has 5 heteroatoms. The molecule has 1 aliphatic carbocycles. The van der Waals surface area contributed by atoms with Gasteiger partial charge in [0, 0.05) is 35.9 Å². The average molecular weight is 415 g/mol. The van der Waals surface area contributed by atoms with Gasteiger partial charge in [0.15, 0.2) is 0 Å². The van der Waals surface area contributed by atoms with Gasteiger partial charge in [0.25, 0.3) is 5.91 Å². The highest BCUT2D eigenvalue weighted by Crippen LogP contribution is 2.40. The molecule has 1 amide bonds. The molecule has 4 nitrogen and oxygen atoms in total. The zero-order valence-corrected chi connectivity index (χ0v) is 16.2. The number of ether oxygens (including phenoxy) is 1. The lowest BCUT2D eigenvalue weighted by Crippen LogP contribution is -2.46. The second-order valence-electron chi connectivity index (χ2n) is 7.36. The van der Waals surface area contributed by atoms with Crippen LogP contribution in [0.4, 0.5) is 0 Å². The lowest BCUT2D eigenvalue weighted by atomic mass is 9.94. The third-order valence-electron chi connectivity index (χ3n) is 5.54. The van der Waals surface area contributed by atoms with Gasteiger partial charge in [-0.25, -0.2) is 0 Å². The van der Waals surface area contributed by atoms with E-state index in [2.05, 4.69) is 51.2 Å². The highest BCUT2D eigenvalue weighted by molar-refractivity contribution is 9.10. The molecule has 0 unspecified atom stereocenters. The molecule has 1 saturated heterocycles. The topological polar surface area (TPSA) is 55.6 Å². The summed E-state index contributed by atoms with van der Waals surface area (Å²) in [7, 11) is 0. The van der Waals surface area contributed by atoms with E-state index < -0.39 is 5.91 Å². The molecule has 0 radical (unpaired) electrons. The van der Waals surface area contributed by atoms with Crippen LogP contribution < -0.4 is 10.5 Å². The van der Waals surface area contributed by atoms with Gasteiger partial charge in [0.1, 0.15) is 11.9 Å². The van der Waals surface area contributed by atoms with Crippen molar-refractivity contribution in [3.8, 4) is 5.75 Å². The Morgan fingerprint density at radius 1 is 1.12 bits per heavy atom. The van der Waals surface area contributed by atoms with Crippen molar-refractivity contribution in [1.82, 2.24) is 4.90 Å². The zero-order chi connectivity index (χ0) is 18.1. The summed E-state index contributed by atoms with van der Waals surface area (Å²) in [5, 5.41) is 0. The lowest BCUT2D eigenvalue weighted by molar-refractivity contribution is 0.0303. The Hall–Kier alpha value is -1.85. The highest BCUT2D eigenvalue weighted by atomic mass is 79.9. The number of likely N-dealkylation sites (tertiary alicyclic amines) is 1. The number of fused-ring (bicyclic) bond motifs is 2. The highest BCUT2D eigenvalue weighted by Gasteiger charge is 2.43. The van der Waals surface area contributed by atoms with Gasteiger partial charge in [-0.15, -0.1) is 0 Å². The first-order valence-corrected chi connectivity index (χ1v) is 9.92. The molecular weight excluding hydrogens is 392 g/mol. The van der Waals surface area contributed by atoms with Crippen LogP contribution in [0.15, 0.2) is 53.0 Å². The van der Waals surface area contributed by atoms with Gasteiger partial charge in [0.2, 0.25) is 0 Å². The van der Waals surface area contributed by atoms with Crippen molar-refractivity contribution in [1.29, 1.82) is 0 Å². The molecule has 0 spiro atoms. The molecule has 2 aromatic rings. The van der Waals surface area contributed by atoms with Crippen LogP contribution in [0.3, 0.4) is 0 Å². The van der Waals surface area contributed by atoms with E-state index in [1.54, 1.807) is 6.07 Å². The molecule has 2 aliphatic rings. The summed E-state index contributed by atoms with van der Waals surface area (Å²) in [6.45, 7) is 3.07. The first kappa shape index (κ1) is 17.6. The molecule has 4 rings (SSSR count). The van der Waals surface area contributed by atoms with Crippen LogP contribution in [-0.4, -0.2) is 30.0 Å². The Kier molecular flexibility index (Phi) is 5.00. The molecule has 2 bridgehead atoms. The van der Waals surface area contributed by atoms with Crippen molar-refractivity contribution in [3.05, 3.63) is 64.1 Å². The summed E-state index contributed by atoms with van der Waals surface area (Å²) >= 11 is 3.40. The van der Waals surface area contributed by atoms with E-state index in [0.717, 1.165) is 24.1 Å². The number of hydrogen-bond acceptors (Lipinski definition) is 3. The number of hydrogen-bond donors (Lipinski definition) is 1. The van der Waals surface area contributed by atoms with Crippen molar-refractivity contribution >= 4 is 21.8 Å². The van der Waals surface area contributed by atoms with Gasteiger partial charge in [-0.05, 0) is 36.6 Å². The Morgan fingerprint density at radius 3 is 2.46 bits per heavy atom. The number of carbonyl (C=O) groups is 1. The first-order valence-electron chi connectivity index (χ1n) is 9.12. The molecule has 0 aromatic heterocycles. The van der Waals surface area contributed by atoms with Crippen molar-refractivity contribution in [2.45, 2.75) is 25.5 Å². The Bertz CT molecular complexity index is 782. The summed E-state index contributed by atoms with van der Waals surface area (Å²) in [5.74, 6) is 1.16. The normalized spacial score (nSPS) is 25.2. The maximum atomic E-state index is 11.8. The summed E-state index contributed by atoms with van der Waals surface area (Å²) in [6.07, 6.45) is 2.54. The summed E-state index contributed by atoms with van der Waals surface area (Å²) in [4.78, 5) is 14.3. The average Bonchev–Trinajstić information content (AvgIpc) is 2.86. The quantitative estimate of drug-likeness (QED) is 0.808. The number of nitrogens with two attached hydrogens (primary N) is 1. The minimum atomic E-state index is -0.449. The molecule has 1 aliphatic heterocycles. The van der Waals surface area contributed by atoms with E-state index in [1.165, 1.54) is 18.4 Å². The number of rotatable bonds is 5. The van der Waals surface area contributed by atoms with Gasteiger partial charge in [0.05, 0.1) is 5.56 Å². The van der Waals surface area contributed by atoms with E-state index in [1.807, 2.05) is 12.1 Å². The number of benzene rings is 2. The third kappa shape index (κ3) is 3.64. The lowest BCUT2D eigenvalue weighted by Gasteiger charge is -2.38. The van der Waals surface area contributed by atoms with E-state index >= 15 is 0 Å². The summed E-state index contributed by atoms with van der Waals surface area (Å²) in [5.41, 5.74) is 7.34. The fourth-order valence-corrected chi connectivity index (χ4v) is 4.74. The Morgan fingerprint density at radius 2 is 1.81 bits per heavy atom. The fourth-order valence-electron chi connectivity index (χ4n) is 4.38. The Balaban J connectivity index is 1.47. The molecule has 2 N–H and O–H groups in total. The SMILES string of the molecule is NC(=O)c1cc(Br)ccc1O[C@H]1[C@@H]2CC[C@H]1CN(Cc1ccccc1)C2. The van der Waals surface area contributed by atoms with Crippen LogP contribution in [0, 0.1) is 11.8 Å². The van der Waals surface area contributed by atoms with E-state index in [9.17, 15) is 4.79 Å². The molecule has 136 valence electrons. The van der Waals surface area contributed by atoms with Gasteiger partial charge >= 0.3 is 0 Å². The van der Waals surface area contributed by atoms with Crippen LogP contribution in [0.5, 0.6) is 5.75 Å². The minimum Gasteiger partial charge on any atom is -0.489 e. The van der Waals surface area contributed by atoms with Crippen molar-refractivity contribution in [3.63, 3.8) is 0 Å². The molecule has 26 heavy (non-hydrogen) atoms. The van der Waals surface area contributed by atoms with Crippen molar-refractivity contribution in [2.24, 2.45) is 17.6 Å². The minimum absolute atomic E-state index is 0.168. The van der Waals surface area contributed by atoms with Crippen molar-refractivity contribution < 1.29 is 9.53 Å². The smallest absolute Gasteiger partial charge is 0.252 e. The summed E-state index contributed by atoms with van der Waals surface area (Å²) in [6, 6.07) is 16.1. The largest absolute Gasteiger partial charge is 0.489 e. The molecule has 3 atom stereocenters. The van der Waals surface area contributed by atoms with E-state index in [0.29, 0.717) is 23.1 Å². The third-order valence-corrected chi connectivity index (χ3v) is 6.04. The number of carbonyl (C=O) groups excluding carboxylic acids is 1. The fraction of sp³-hybridized carbons (Fsp3) is 0.381. The second-order valence-corrected chi connectivity index (χ2v) is 8.28. The monoisotopic (exact) mass is 414 g/mol. The van der Waals surface area contributed by atoms with Gasteiger partial charge in [-0.3, -0.25) is 9.69 Å². The predicted octanol–water partition coefficient (Wildman–Crippen LogP) is 3.84. The number of piperidine rings is 1. The number of nitrogens with zero attached hydrogens (tertiary/aromatic N) is 1. The van der Waals surface area contributed by atoms with Gasteiger partial charge in [-0.1, -0.05) is 46.3 Å². The zero-order valence-electron chi connectivity index (χ0n) is 14.6. The molecule has 1 saturated carbocycles. The van der Waals surface area contributed by atoms with Crippen LogP contribution in [-0.2, 0) is 6.54 Å².